The number of nitrogens with two attached hydrogens (primary N) is 1. The zero-order chi connectivity index (χ0) is 18.2. The van der Waals surface area contributed by atoms with Crippen molar-refractivity contribution in [1.29, 1.82) is 0 Å². The van der Waals surface area contributed by atoms with E-state index in [2.05, 4.69) is 11.5 Å². The van der Waals surface area contributed by atoms with Crippen molar-refractivity contribution in [2.24, 2.45) is 5.73 Å². The fourth-order valence-electron chi connectivity index (χ4n) is 3.99. The average Bonchev–Trinajstić information content (AvgIpc) is 3.18. The highest BCUT2D eigenvalue weighted by molar-refractivity contribution is 5.97. The SMILES string of the molecule is CCn1c(C)cc(C(=O)N2CCC(C(N)=O)(c3ccccc3)C2)c1C. The fraction of sp³-hybridized carbons (Fsp3) is 0.400. The van der Waals surface area contributed by atoms with Gasteiger partial charge in [-0.2, -0.15) is 0 Å². The number of carbonyl (C=O) groups is 2. The molecule has 1 unspecified atom stereocenters. The van der Waals surface area contributed by atoms with Crippen LogP contribution in [0.5, 0.6) is 0 Å². The highest BCUT2D eigenvalue weighted by Crippen LogP contribution is 2.35. The van der Waals surface area contributed by atoms with Gasteiger partial charge in [0.05, 0.1) is 11.0 Å². The number of hydrogen-bond donors (Lipinski definition) is 1. The summed E-state index contributed by atoms with van der Waals surface area (Å²) in [6.45, 7) is 7.75. The van der Waals surface area contributed by atoms with Crippen LogP contribution >= 0.6 is 0 Å². The number of benzene rings is 1. The van der Waals surface area contributed by atoms with Crippen molar-refractivity contribution in [2.75, 3.05) is 13.1 Å². The standard InChI is InChI=1S/C20H25N3O2/c1-4-23-14(2)12-17(15(23)3)18(24)22-11-10-20(13-22,19(21)25)16-8-6-5-7-9-16/h5-9,12H,4,10-11,13H2,1-3H3,(H2,21,25). The van der Waals surface area contributed by atoms with E-state index in [-0.39, 0.29) is 11.8 Å². The van der Waals surface area contributed by atoms with E-state index in [4.69, 9.17) is 5.73 Å². The number of aryl methyl sites for hydroxylation is 1. The normalized spacial score (nSPS) is 20.0. The molecule has 0 aliphatic carbocycles. The van der Waals surface area contributed by atoms with E-state index >= 15 is 0 Å². The van der Waals surface area contributed by atoms with Crippen molar-refractivity contribution in [3.8, 4) is 0 Å². The summed E-state index contributed by atoms with van der Waals surface area (Å²) in [4.78, 5) is 27.1. The Kier molecular flexibility index (Phi) is 4.41. The van der Waals surface area contributed by atoms with Gasteiger partial charge in [0.25, 0.3) is 5.91 Å². The van der Waals surface area contributed by atoms with E-state index in [1.807, 2.05) is 50.2 Å². The monoisotopic (exact) mass is 339 g/mol. The third kappa shape index (κ3) is 2.73. The Morgan fingerprint density at radius 3 is 2.44 bits per heavy atom. The van der Waals surface area contributed by atoms with E-state index in [0.29, 0.717) is 25.1 Å². The first-order valence-corrected chi connectivity index (χ1v) is 8.72. The second kappa shape index (κ2) is 6.39. The lowest BCUT2D eigenvalue weighted by Gasteiger charge is -2.26. The first-order valence-electron chi connectivity index (χ1n) is 8.72. The maximum Gasteiger partial charge on any atom is 0.255 e. The van der Waals surface area contributed by atoms with Gasteiger partial charge in [0.15, 0.2) is 0 Å². The van der Waals surface area contributed by atoms with Gasteiger partial charge in [-0.05, 0) is 38.8 Å². The highest BCUT2D eigenvalue weighted by Gasteiger charge is 2.46. The fourth-order valence-corrected chi connectivity index (χ4v) is 3.99. The Hall–Kier alpha value is -2.56. The van der Waals surface area contributed by atoms with Crippen LogP contribution in [0.15, 0.2) is 36.4 Å². The quantitative estimate of drug-likeness (QED) is 0.929. The summed E-state index contributed by atoms with van der Waals surface area (Å²) < 4.78 is 2.13. The molecule has 2 aromatic rings. The lowest BCUT2D eigenvalue weighted by molar-refractivity contribution is -0.123. The smallest absolute Gasteiger partial charge is 0.255 e. The third-order valence-electron chi connectivity index (χ3n) is 5.47. The van der Waals surface area contributed by atoms with Gasteiger partial charge in [-0.1, -0.05) is 30.3 Å². The van der Waals surface area contributed by atoms with Crippen molar-refractivity contribution < 1.29 is 9.59 Å². The molecule has 0 bridgehead atoms. The van der Waals surface area contributed by atoms with Crippen molar-refractivity contribution in [3.05, 3.63) is 58.9 Å². The Bertz CT molecular complexity index is 810. The summed E-state index contributed by atoms with van der Waals surface area (Å²) in [5, 5.41) is 0. The summed E-state index contributed by atoms with van der Waals surface area (Å²) in [6, 6.07) is 11.5. The molecule has 2 heterocycles. The molecule has 5 heteroatoms. The van der Waals surface area contributed by atoms with Crippen LogP contribution in [0, 0.1) is 13.8 Å². The first-order chi connectivity index (χ1) is 11.9. The molecule has 2 amide bonds. The molecule has 0 saturated carbocycles. The number of carbonyl (C=O) groups excluding carboxylic acids is 2. The summed E-state index contributed by atoms with van der Waals surface area (Å²) >= 11 is 0. The number of nitrogens with zero attached hydrogens (tertiary/aromatic N) is 2. The van der Waals surface area contributed by atoms with Crippen LogP contribution in [0.3, 0.4) is 0 Å². The molecule has 1 fully saturated rings. The molecule has 132 valence electrons. The lowest BCUT2D eigenvalue weighted by Crippen LogP contribution is -2.44. The van der Waals surface area contributed by atoms with E-state index in [1.165, 1.54) is 0 Å². The van der Waals surface area contributed by atoms with E-state index in [0.717, 1.165) is 23.5 Å². The highest BCUT2D eigenvalue weighted by atomic mass is 16.2. The molecule has 3 rings (SSSR count). The molecule has 1 saturated heterocycles. The predicted molar refractivity (Wildman–Crippen MR) is 97.4 cm³/mol. The maximum atomic E-state index is 13.1. The third-order valence-corrected chi connectivity index (χ3v) is 5.47. The largest absolute Gasteiger partial charge is 0.369 e. The van der Waals surface area contributed by atoms with Crippen LogP contribution in [-0.2, 0) is 16.8 Å². The number of aromatic nitrogens is 1. The molecule has 1 aromatic heterocycles. The second-order valence-electron chi connectivity index (χ2n) is 6.82. The van der Waals surface area contributed by atoms with Crippen molar-refractivity contribution in [3.63, 3.8) is 0 Å². The van der Waals surface area contributed by atoms with Gasteiger partial charge >= 0.3 is 0 Å². The molecular weight excluding hydrogens is 314 g/mol. The van der Waals surface area contributed by atoms with Gasteiger partial charge in [0.2, 0.25) is 5.91 Å². The van der Waals surface area contributed by atoms with E-state index < -0.39 is 5.41 Å². The molecule has 25 heavy (non-hydrogen) atoms. The van der Waals surface area contributed by atoms with Crippen LogP contribution in [-0.4, -0.2) is 34.4 Å². The molecule has 1 aromatic carbocycles. The summed E-state index contributed by atoms with van der Waals surface area (Å²) in [6.07, 6.45) is 0.560. The Balaban J connectivity index is 1.91. The molecule has 0 spiro atoms. The molecular formula is C20H25N3O2. The zero-order valence-corrected chi connectivity index (χ0v) is 15.1. The van der Waals surface area contributed by atoms with Crippen LogP contribution in [0.4, 0.5) is 0 Å². The topological polar surface area (TPSA) is 68.3 Å². The maximum absolute atomic E-state index is 13.1. The van der Waals surface area contributed by atoms with Crippen LogP contribution in [0.2, 0.25) is 0 Å². The van der Waals surface area contributed by atoms with Gasteiger partial charge in [-0.15, -0.1) is 0 Å². The number of hydrogen-bond acceptors (Lipinski definition) is 2. The van der Waals surface area contributed by atoms with Crippen molar-refractivity contribution in [1.82, 2.24) is 9.47 Å². The molecule has 1 aliphatic rings. The van der Waals surface area contributed by atoms with Crippen LogP contribution in [0.25, 0.3) is 0 Å². The van der Waals surface area contributed by atoms with Crippen LogP contribution < -0.4 is 5.73 Å². The van der Waals surface area contributed by atoms with Crippen molar-refractivity contribution in [2.45, 2.75) is 39.2 Å². The predicted octanol–water partition coefficient (Wildman–Crippen LogP) is 2.39. The van der Waals surface area contributed by atoms with E-state index in [1.54, 1.807) is 4.90 Å². The van der Waals surface area contributed by atoms with Gasteiger partial charge in [-0.3, -0.25) is 9.59 Å². The number of primary amides is 1. The number of likely N-dealkylation sites (tertiary alicyclic amines) is 1. The Labute approximate surface area is 148 Å². The minimum atomic E-state index is -0.798. The first kappa shape index (κ1) is 17.3. The Morgan fingerprint density at radius 1 is 1.20 bits per heavy atom. The van der Waals surface area contributed by atoms with Gasteiger partial charge < -0.3 is 15.2 Å². The minimum absolute atomic E-state index is 0.0214. The lowest BCUT2D eigenvalue weighted by atomic mass is 9.79. The van der Waals surface area contributed by atoms with Gasteiger partial charge in [0.1, 0.15) is 0 Å². The van der Waals surface area contributed by atoms with Crippen molar-refractivity contribution >= 4 is 11.8 Å². The summed E-state index contributed by atoms with van der Waals surface area (Å²) in [7, 11) is 0. The van der Waals surface area contributed by atoms with Crippen LogP contribution in [0.1, 0.15) is 40.7 Å². The average molecular weight is 339 g/mol. The number of rotatable bonds is 4. The summed E-state index contributed by atoms with van der Waals surface area (Å²) in [5.74, 6) is -0.389. The Morgan fingerprint density at radius 2 is 1.88 bits per heavy atom. The molecule has 1 aliphatic heterocycles. The molecule has 1 atom stereocenters. The molecule has 0 radical (unpaired) electrons. The molecule has 2 N–H and O–H groups in total. The van der Waals surface area contributed by atoms with Gasteiger partial charge in [0, 0.05) is 31.0 Å². The van der Waals surface area contributed by atoms with Gasteiger partial charge in [-0.25, -0.2) is 0 Å². The summed E-state index contributed by atoms with van der Waals surface area (Å²) in [5.41, 5.74) is 8.62. The number of amides is 2. The molecule has 5 nitrogen and oxygen atoms in total. The van der Waals surface area contributed by atoms with E-state index in [9.17, 15) is 9.59 Å². The zero-order valence-electron chi connectivity index (χ0n) is 15.1. The minimum Gasteiger partial charge on any atom is -0.369 e. The second-order valence-corrected chi connectivity index (χ2v) is 6.82.